The molecule has 2 aromatic rings. The molecule has 0 spiro atoms. The van der Waals surface area contributed by atoms with Crippen molar-refractivity contribution in [2.75, 3.05) is 0 Å². The Kier molecular flexibility index (Phi) is 2.96. The predicted octanol–water partition coefficient (Wildman–Crippen LogP) is 1.35. The third-order valence-electron chi connectivity index (χ3n) is 2.41. The van der Waals surface area contributed by atoms with E-state index in [4.69, 9.17) is 5.73 Å². The summed E-state index contributed by atoms with van der Waals surface area (Å²) in [5.74, 6) is -0.275. The van der Waals surface area contributed by atoms with Crippen LogP contribution in [-0.4, -0.2) is 20.8 Å². The first-order valence-electron chi connectivity index (χ1n) is 5.03. The molecule has 1 aromatic heterocycles. The minimum Gasteiger partial charge on any atom is -0.326 e. The molecule has 2 unspecified atom stereocenters. The van der Waals surface area contributed by atoms with Gasteiger partial charge in [-0.25, -0.2) is 14.1 Å². The highest BCUT2D eigenvalue weighted by Crippen LogP contribution is 2.20. The molecule has 0 fully saturated rings. The zero-order chi connectivity index (χ0) is 11.5. The molecule has 0 radical (unpaired) electrons. The van der Waals surface area contributed by atoms with Crippen molar-refractivity contribution in [1.29, 1.82) is 0 Å². The highest BCUT2D eigenvalue weighted by molar-refractivity contribution is 5.22. The zero-order valence-corrected chi connectivity index (χ0v) is 8.92. The van der Waals surface area contributed by atoms with Crippen LogP contribution in [0.5, 0.6) is 0 Å². The Hall–Kier alpha value is -1.75. The van der Waals surface area contributed by atoms with Gasteiger partial charge in [0.2, 0.25) is 0 Å². The van der Waals surface area contributed by atoms with Crippen molar-refractivity contribution in [3.63, 3.8) is 0 Å². The normalized spacial score (nSPS) is 14.7. The molecule has 2 atom stereocenters. The van der Waals surface area contributed by atoms with Gasteiger partial charge in [-0.2, -0.15) is 5.10 Å². The van der Waals surface area contributed by atoms with Crippen LogP contribution >= 0.6 is 0 Å². The summed E-state index contributed by atoms with van der Waals surface area (Å²) in [6, 6.07) is 6.00. The lowest BCUT2D eigenvalue weighted by atomic mass is 10.0. The number of hydrogen-bond acceptors (Lipinski definition) is 3. The van der Waals surface area contributed by atoms with E-state index in [0.29, 0.717) is 0 Å². The standard InChI is InChI=1S/C11H13FN4/c1-8(13)11(16-7-14-6-15-16)9-3-2-4-10(12)5-9/h2-8,11H,13H2,1H3. The number of halogens is 1. The van der Waals surface area contributed by atoms with Crippen LogP contribution in [0, 0.1) is 5.82 Å². The van der Waals surface area contributed by atoms with Crippen molar-refractivity contribution in [2.45, 2.75) is 19.0 Å². The fraction of sp³-hybridized carbons (Fsp3) is 0.273. The van der Waals surface area contributed by atoms with E-state index in [-0.39, 0.29) is 17.9 Å². The van der Waals surface area contributed by atoms with Crippen LogP contribution in [0.25, 0.3) is 0 Å². The second kappa shape index (κ2) is 4.40. The first kappa shape index (κ1) is 10.8. The van der Waals surface area contributed by atoms with Gasteiger partial charge in [0.15, 0.2) is 0 Å². The van der Waals surface area contributed by atoms with Crippen molar-refractivity contribution < 1.29 is 4.39 Å². The lowest BCUT2D eigenvalue weighted by Crippen LogP contribution is -2.30. The average Bonchev–Trinajstić information content (AvgIpc) is 2.71. The summed E-state index contributed by atoms with van der Waals surface area (Å²) in [6.45, 7) is 1.86. The fourth-order valence-corrected chi connectivity index (χ4v) is 1.75. The van der Waals surface area contributed by atoms with Crippen LogP contribution in [0.15, 0.2) is 36.9 Å². The highest BCUT2D eigenvalue weighted by Gasteiger charge is 2.19. The van der Waals surface area contributed by atoms with E-state index >= 15 is 0 Å². The van der Waals surface area contributed by atoms with Gasteiger partial charge in [0.25, 0.3) is 0 Å². The number of hydrogen-bond donors (Lipinski definition) is 1. The Labute approximate surface area is 92.9 Å². The van der Waals surface area contributed by atoms with Gasteiger partial charge in [-0.3, -0.25) is 0 Å². The van der Waals surface area contributed by atoms with E-state index in [2.05, 4.69) is 10.1 Å². The van der Waals surface area contributed by atoms with Gasteiger partial charge >= 0.3 is 0 Å². The van der Waals surface area contributed by atoms with Gasteiger partial charge < -0.3 is 5.73 Å². The first-order valence-corrected chi connectivity index (χ1v) is 5.03. The van der Waals surface area contributed by atoms with Gasteiger partial charge in [-0.15, -0.1) is 0 Å². The molecule has 0 saturated carbocycles. The number of benzene rings is 1. The second-order valence-corrected chi connectivity index (χ2v) is 3.73. The third-order valence-corrected chi connectivity index (χ3v) is 2.41. The molecule has 2 rings (SSSR count). The van der Waals surface area contributed by atoms with Gasteiger partial charge in [-0.05, 0) is 24.6 Å². The maximum Gasteiger partial charge on any atom is 0.137 e. The monoisotopic (exact) mass is 220 g/mol. The molecule has 0 amide bonds. The Bertz CT molecular complexity index is 453. The molecule has 4 nitrogen and oxygen atoms in total. The average molecular weight is 220 g/mol. The van der Waals surface area contributed by atoms with Gasteiger partial charge in [0.05, 0.1) is 6.04 Å². The van der Waals surface area contributed by atoms with Crippen molar-refractivity contribution in [3.8, 4) is 0 Å². The summed E-state index contributed by atoms with van der Waals surface area (Å²) in [7, 11) is 0. The minimum atomic E-state index is -0.275. The van der Waals surface area contributed by atoms with E-state index in [1.54, 1.807) is 17.1 Å². The third kappa shape index (κ3) is 2.09. The van der Waals surface area contributed by atoms with E-state index in [0.717, 1.165) is 5.56 Å². The summed E-state index contributed by atoms with van der Waals surface area (Å²) in [5.41, 5.74) is 6.69. The predicted molar refractivity (Wildman–Crippen MR) is 58.2 cm³/mol. The number of rotatable bonds is 3. The molecular weight excluding hydrogens is 207 g/mol. The quantitative estimate of drug-likeness (QED) is 0.849. The van der Waals surface area contributed by atoms with E-state index < -0.39 is 0 Å². The first-order chi connectivity index (χ1) is 7.68. The molecule has 2 N–H and O–H groups in total. The molecule has 0 aliphatic rings. The zero-order valence-electron chi connectivity index (χ0n) is 8.92. The van der Waals surface area contributed by atoms with Gasteiger partial charge in [0.1, 0.15) is 18.5 Å². The lowest BCUT2D eigenvalue weighted by molar-refractivity contribution is 0.450. The van der Waals surface area contributed by atoms with Crippen molar-refractivity contribution in [3.05, 3.63) is 48.3 Å². The highest BCUT2D eigenvalue weighted by atomic mass is 19.1. The van der Waals surface area contributed by atoms with Crippen LogP contribution < -0.4 is 5.73 Å². The van der Waals surface area contributed by atoms with Crippen molar-refractivity contribution in [2.24, 2.45) is 5.73 Å². The van der Waals surface area contributed by atoms with Crippen LogP contribution in [-0.2, 0) is 0 Å². The van der Waals surface area contributed by atoms with E-state index in [1.807, 2.05) is 13.0 Å². The maximum atomic E-state index is 13.1. The van der Waals surface area contributed by atoms with E-state index in [1.165, 1.54) is 18.5 Å². The number of nitrogens with zero attached hydrogens (tertiary/aromatic N) is 3. The molecule has 1 heterocycles. The molecule has 0 bridgehead atoms. The Morgan fingerprint density at radius 1 is 1.44 bits per heavy atom. The minimum absolute atomic E-state index is 0.177. The molecular formula is C11H13FN4. The van der Waals surface area contributed by atoms with Crippen LogP contribution in [0.4, 0.5) is 4.39 Å². The van der Waals surface area contributed by atoms with Crippen molar-refractivity contribution >= 4 is 0 Å². The molecule has 5 heteroatoms. The van der Waals surface area contributed by atoms with Crippen molar-refractivity contribution in [1.82, 2.24) is 14.8 Å². The van der Waals surface area contributed by atoms with Crippen LogP contribution in [0.1, 0.15) is 18.5 Å². The van der Waals surface area contributed by atoms with E-state index in [9.17, 15) is 4.39 Å². The largest absolute Gasteiger partial charge is 0.326 e. The smallest absolute Gasteiger partial charge is 0.137 e. The SMILES string of the molecule is CC(N)C(c1cccc(F)c1)n1cncn1. The van der Waals surface area contributed by atoms with Gasteiger partial charge in [0, 0.05) is 6.04 Å². The Morgan fingerprint density at radius 3 is 2.81 bits per heavy atom. The Morgan fingerprint density at radius 2 is 2.25 bits per heavy atom. The molecule has 0 saturated heterocycles. The summed E-state index contributed by atoms with van der Waals surface area (Å²) in [4.78, 5) is 3.88. The number of aromatic nitrogens is 3. The molecule has 0 aliphatic heterocycles. The van der Waals surface area contributed by atoms with Gasteiger partial charge in [-0.1, -0.05) is 12.1 Å². The second-order valence-electron chi connectivity index (χ2n) is 3.73. The summed E-state index contributed by atoms with van der Waals surface area (Å²) < 4.78 is 14.8. The fourth-order valence-electron chi connectivity index (χ4n) is 1.75. The molecule has 84 valence electrons. The molecule has 0 aliphatic carbocycles. The van der Waals surface area contributed by atoms with Crippen LogP contribution in [0.2, 0.25) is 0 Å². The maximum absolute atomic E-state index is 13.1. The Balaban J connectivity index is 2.41. The topological polar surface area (TPSA) is 56.7 Å². The summed E-state index contributed by atoms with van der Waals surface area (Å²) >= 11 is 0. The lowest BCUT2D eigenvalue weighted by Gasteiger charge is -2.21. The van der Waals surface area contributed by atoms with Crippen LogP contribution in [0.3, 0.4) is 0 Å². The molecule has 16 heavy (non-hydrogen) atoms. The summed E-state index contributed by atoms with van der Waals surface area (Å²) in [6.07, 6.45) is 3.02. The summed E-state index contributed by atoms with van der Waals surface area (Å²) in [5, 5.41) is 4.05. The number of nitrogens with two attached hydrogens (primary N) is 1. The molecule has 1 aromatic carbocycles.